The van der Waals surface area contributed by atoms with Gasteiger partial charge in [0, 0.05) is 19.4 Å². The molecule has 4 unspecified atom stereocenters. The second kappa shape index (κ2) is 15.7. The summed E-state index contributed by atoms with van der Waals surface area (Å²) in [4.78, 5) is 64.4. The Morgan fingerprint density at radius 2 is 1.51 bits per heavy atom. The smallest absolute Gasteiger partial charge is 0.326 e. The summed E-state index contributed by atoms with van der Waals surface area (Å²) in [5, 5.41) is 16.9. The van der Waals surface area contributed by atoms with Gasteiger partial charge in [0.2, 0.25) is 23.6 Å². The molecular weight excluding hydrogens is 484 g/mol. The third kappa shape index (κ3) is 12.4. The van der Waals surface area contributed by atoms with Crippen molar-refractivity contribution >= 4 is 35.6 Å². The van der Waals surface area contributed by atoms with Crippen LogP contribution in [0, 0.1) is 0 Å². The van der Waals surface area contributed by atoms with E-state index in [-0.39, 0.29) is 38.2 Å². The van der Waals surface area contributed by atoms with Gasteiger partial charge in [-0.3, -0.25) is 24.2 Å². The SMILES string of the molecule is CC(NC(=O)C(CCCN=C(N)N)NC(=O)C(N)CCC(N)=O)C(=O)NC(Cc1ccccc1)C(=O)O. The van der Waals surface area contributed by atoms with E-state index in [0.29, 0.717) is 12.0 Å². The molecule has 1 aromatic carbocycles. The van der Waals surface area contributed by atoms with Gasteiger partial charge in [0.25, 0.3) is 0 Å². The van der Waals surface area contributed by atoms with Crippen molar-refractivity contribution in [3.63, 3.8) is 0 Å². The molecule has 0 aromatic heterocycles. The molecule has 1 aromatic rings. The van der Waals surface area contributed by atoms with Crippen LogP contribution in [-0.4, -0.2) is 71.4 Å². The molecule has 0 saturated heterocycles. The Morgan fingerprint density at radius 1 is 0.892 bits per heavy atom. The summed E-state index contributed by atoms with van der Waals surface area (Å²) in [5.41, 5.74) is 22.2. The summed E-state index contributed by atoms with van der Waals surface area (Å²) in [7, 11) is 0. The van der Waals surface area contributed by atoms with Crippen molar-refractivity contribution in [3.05, 3.63) is 35.9 Å². The maximum Gasteiger partial charge on any atom is 0.326 e. The number of carbonyl (C=O) groups is 5. The number of carboxylic acid groups (broad SMARTS) is 1. The Labute approximate surface area is 214 Å². The number of aliphatic imine (C=N–C) groups is 1. The summed E-state index contributed by atoms with van der Waals surface area (Å²) in [6, 6.07) is 4.23. The summed E-state index contributed by atoms with van der Waals surface area (Å²) in [5.74, 6) is -4.09. The second-order valence-corrected chi connectivity index (χ2v) is 8.44. The molecule has 204 valence electrons. The molecule has 14 nitrogen and oxygen atoms in total. The minimum absolute atomic E-state index is 0.0136. The highest BCUT2D eigenvalue weighted by Gasteiger charge is 2.28. The fourth-order valence-corrected chi connectivity index (χ4v) is 3.21. The number of rotatable bonds is 16. The highest BCUT2D eigenvalue weighted by Crippen LogP contribution is 2.05. The first-order valence-electron chi connectivity index (χ1n) is 11.7. The second-order valence-electron chi connectivity index (χ2n) is 8.44. The number of primary amides is 1. The van der Waals surface area contributed by atoms with Crippen LogP contribution in [0.4, 0.5) is 0 Å². The quantitative estimate of drug-likeness (QED) is 0.0646. The van der Waals surface area contributed by atoms with Crippen LogP contribution in [0.2, 0.25) is 0 Å². The van der Waals surface area contributed by atoms with E-state index in [1.54, 1.807) is 30.3 Å². The Morgan fingerprint density at radius 3 is 2.08 bits per heavy atom. The number of amides is 4. The molecule has 0 aliphatic carbocycles. The van der Waals surface area contributed by atoms with Gasteiger partial charge in [0.05, 0.1) is 6.04 Å². The zero-order valence-electron chi connectivity index (χ0n) is 20.7. The monoisotopic (exact) mass is 520 g/mol. The van der Waals surface area contributed by atoms with E-state index in [4.69, 9.17) is 22.9 Å². The van der Waals surface area contributed by atoms with E-state index in [0.717, 1.165) is 0 Å². The molecule has 0 heterocycles. The molecule has 0 aliphatic heterocycles. The number of aliphatic carboxylic acids is 1. The molecule has 0 aliphatic rings. The van der Waals surface area contributed by atoms with Gasteiger partial charge in [-0.15, -0.1) is 0 Å². The first-order valence-corrected chi connectivity index (χ1v) is 11.7. The highest BCUT2D eigenvalue weighted by atomic mass is 16.4. The summed E-state index contributed by atoms with van der Waals surface area (Å²) in [6.45, 7) is 1.57. The van der Waals surface area contributed by atoms with Gasteiger partial charge in [-0.25, -0.2) is 4.79 Å². The van der Waals surface area contributed by atoms with E-state index in [2.05, 4.69) is 20.9 Å². The van der Waals surface area contributed by atoms with Crippen LogP contribution in [-0.2, 0) is 30.4 Å². The van der Waals surface area contributed by atoms with E-state index in [1.165, 1.54) is 6.92 Å². The van der Waals surface area contributed by atoms with Crippen molar-refractivity contribution in [1.29, 1.82) is 0 Å². The summed E-state index contributed by atoms with van der Waals surface area (Å²) < 4.78 is 0. The Bertz CT molecular complexity index is 967. The first kappa shape index (κ1) is 30.8. The zero-order valence-corrected chi connectivity index (χ0v) is 20.7. The molecule has 14 heteroatoms. The maximum atomic E-state index is 12.9. The molecule has 1 rings (SSSR count). The number of carboxylic acids is 1. The Hall–Kier alpha value is -4.20. The highest BCUT2D eigenvalue weighted by molar-refractivity contribution is 5.94. The van der Waals surface area contributed by atoms with Crippen LogP contribution in [0.1, 0.15) is 38.2 Å². The fourth-order valence-electron chi connectivity index (χ4n) is 3.21. The molecule has 4 atom stereocenters. The summed E-state index contributed by atoms with van der Waals surface area (Å²) in [6.07, 6.45) is 0.346. The number of hydrogen-bond donors (Lipinski definition) is 8. The maximum absolute atomic E-state index is 12.9. The van der Waals surface area contributed by atoms with Gasteiger partial charge in [0.15, 0.2) is 5.96 Å². The largest absolute Gasteiger partial charge is 0.480 e. The number of benzene rings is 1. The molecular formula is C23H36N8O6. The standard InChI is InChI=1S/C23H36N8O6/c1-13(19(33)31-17(22(36)37)12-14-6-3-2-4-7-14)29-21(35)16(8-5-11-28-23(26)27)30-20(34)15(24)9-10-18(25)32/h2-4,6-7,13,15-17H,5,8-12,24H2,1H3,(H2,25,32)(H,29,35)(H,30,34)(H,31,33)(H,36,37)(H4,26,27,28). The van der Waals surface area contributed by atoms with E-state index in [1.807, 2.05) is 0 Å². The fraction of sp³-hybridized carbons (Fsp3) is 0.478. The van der Waals surface area contributed by atoms with Gasteiger partial charge in [-0.1, -0.05) is 30.3 Å². The topological polar surface area (TPSA) is 258 Å². The van der Waals surface area contributed by atoms with Crippen LogP contribution in [0.25, 0.3) is 0 Å². The average Bonchev–Trinajstić information content (AvgIpc) is 2.83. The molecule has 0 radical (unpaired) electrons. The Balaban J connectivity index is 2.82. The third-order valence-electron chi connectivity index (χ3n) is 5.27. The number of carbonyl (C=O) groups excluding carboxylic acids is 4. The van der Waals surface area contributed by atoms with Crippen LogP contribution in [0.15, 0.2) is 35.3 Å². The lowest BCUT2D eigenvalue weighted by molar-refractivity contribution is -0.142. The predicted octanol–water partition coefficient (Wildman–Crippen LogP) is -2.57. The van der Waals surface area contributed by atoms with Crippen LogP contribution in [0.3, 0.4) is 0 Å². The number of nitrogens with two attached hydrogens (primary N) is 4. The van der Waals surface area contributed by atoms with Gasteiger partial charge < -0.3 is 44.0 Å². The molecule has 0 saturated carbocycles. The number of hydrogen-bond acceptors (Lipinski definition) is 7. The van der Waals surface area contributed by atoms with Crippen molar-refractivity contribution in [2.75, 3.05) is 6.54 Å². The lowest BCUT2D eigenvalue weighted by atomic mass is 10.1. The minimum Gasteiger partial charge on any atom is -0.480 e. The van der Waals surface area contributed by atoms with Crippen LogP contribution < -0.4 is 38.9 Å². The minimum atomic E-state index is -1.23. The molecule has 12 N–H and O–H groups in total. The normalized spacial score (nSPS) is 13.8. The number of nitrogens with one attached hydrogen (secondary N) is 3. The van der Waals surface area contributed by atoms with Gasteiger partial charge >= 0.3 is 5.97 Å². The molecule has 0 spiro atoms. The van der Waals surface area contributed by atoms with Crippen molar-refractivity contribution in [3.8, 4) is 0 Å². The van der Waals surface area contributed by atoms with Crippen LogP contribution >= 0.6 is 0 Å². The molecule has 0 bridgehead atoms. The van der Waals surface area contributed by atoms with E-state index >= 15 is 0 Å². The zero-order chi connectivity index (χ0) is 28.0. The predicted molar refractivity (Wildman–Crippen MR) is 136 cm³/mol. The average molecular weight is 521 g/mol. The van der Waals surface area contributed by atoms with Crippen molar-refractivity contribution in [1.82, 2.24) is 16.0 Å². The lowest BCUT2D eigenvalue weighted by Crippen LogP contribution is -2.56. The van der Waals surface area contributed by atoms with Crippen LogP contribution in [0.5, 0.6) is 0 Å². The van der Waals surface area contributed by atoms with E-state index in [9.17, 15) is 29.1 Å². The summed E-state index contributed by atoms with van der Waals surface area (Å²) >= 11 is 0. The third-order valence-corrected chi connectivity index (χ3v) is 5.27. The van der Waals surface area contributed by atoms with Gasteiger partial charge in [-0.2, -0.15) is 0 Å². The lowest BCUT2D eigenvalue weighted by Gasteiger charge is -2.23. The van der Waals surface area contributed by atoms with Crippen molar-refractivity contribution in [2.24, 2.45) is 27.9 Å². The Kier molecular flexibility index (Phi) is 13.1. The van der Waals surface area contributed by atoms with Crippen molar-refractivity contribution < 1.29 is 29.1 Å². The van der Waals surface area contributed by atoms with Crippen molar-refractivity contribution in [2.45, 2.75) is 63.2 Å². The molecule has 0 fully saturated rings. The van der Waals surface area contributed by atoms with Gasteiger partial charge in [0.1, 0.15) is 18.1 Å². The molecule has 37 heavy (non-hydrogen) atoms. The van der Waals surface area contributed by atoms with E-state index < -0.39 is 53.8 Å². The number of nitrogens with zero attached hydrogens (tertiary/aromatic N) is 1. The van der Waals surface area contributed by atoms with Gasteiger partial charge in [-0.05, 0) is 31.7 Å². The first-order chi connectivity index (χ1) is 17.4. The molecule has 4 amide bonds. The number of guanidine groups is 1.